The van der Waals surface area contributed by atoms with Crippen molar-refractivity contribution in [3.8, 4) is 0 Å². The maximum Gasteiger partial charge on any atom is 0.337 e. The minimum atomic E-state index is -0.872. The van der Waals surface area contributed by atoms with Crippen molar-refractivity contribution < 1.29 is 9.90 Å². The van der Waals surface area contributed by atoms with Gasteiger partial charge < -0.3 is 10.0 Å². The lowest BCUT2D eigenvalue weighted by molar-refractivity contribution is 0.0697. The summed E-state index contributed by atoms with van der Waals surface area (Å²) in [7, 11) is 0. The van der Waals surface area contributed by atoms with Crippen molar-refractivity contribution >= 4 is 27.6 Å². The molecular weight excluding hydrogens is 294 g/mol. The van der Waals surface area contributed by atoms with Crippen LogP contribution in [0.5, 0.6) is 0 Å². The molecule has 1 aliphatic rings. The number of allylic oxidation sites excluding steroid dienone is 1. The van der Waals surface area contributed by atoms with Crippen molar-refractivity contribution in [1.82, 2.24) is 0 Å². The van der Waals surface area contributed by atoms with Gasteiger partial charge in [0.05, 0.1) is 11.3 Å². The monoisotopic (exact) mass is 309 g/mol. The van der Waals surface area contributed by atoms with E-state index in [9.17, 15) is 9.90 Å². The summed E-state index contributed by atoms with van der Waals surface area (Å²) in [5.41, 5.74) is 1.18. The second-order valence-electron chi connectivity index (χ2n) is 4.53. The summed E-state index contributed by atoms with van der Waals surface area (Å²) in [4.78, 5) is 13.4. The highest BCUT2D eigenvalue weighted by molar-refractivity contribution is 9.10. The Labute approximate surface area is 115 Å². The molecule has 0 radical (unpaired) electrons. The smallest absolute Gasteiger partial charge is 0.337 e. The summed E-state index contributed by atoms with van der Waals surface area (Å²) in [5, 5.41) is 9.23. The van der Waals surface area contributed by atoms with E-state index in [4.69, 9.17) is 0 Å². The average molecular weight is 310 g/mol. The van der Waals surface area contributed by atoms with Gasteiger partial charge in [0.15, 0.2) is 0 Å². The topological polar surface area (TPSA) is 40.5 Å². The van der Waals surface area contributed by atoms with Gasteiger partial charge in [-0.3, -0.25) is 0 Å². The summed E-state index contributed by atoms with van der Waals surface area (Å²) < 4.78 is 0.911. The van der Waals surface area contributed by atoms with Gasteiger partial charge in [0.1, 0.15) is 0 Å². The lowest BCUT2D eigenvalue weighted by atomic mass is 9.96. The zero-order valence-electron chi connectivity index (χ0n) is 10.1. The molecule has 0 aromatic heterocycles. The van der Waals surface area contributed by atoms with Crippen LogP contribution in [0.2, 0.25) is 0 Å². The van der Waals surface area contributed by atoms with Crippen molar-refractivity contribution in [1.29, 1.82) is 0 Å². The Balaban J connectivity index is 2.25. The van der Waals surface area contributed by atoms with Gasteiger partial charge in [-0.1, -0.05) is 22.0 Å². The molecule has 2 rings (SSSR count). The number of benzene rings is 1. The number of piperidine rings is 1. The van der Waals surface area contributed by atoms with Crippen molar-refractivity contribution in [2.45, 2.75) is 12.8 Å². The third-order valence-electron chi connectivity index (χ3n) is 3.40. The number of anilines is 1. The first-order valence-electron chi connectivity index (χ1n) is 6.02. The van der Waals surface area contributed by atoms with Crippen molar-refractivity contribution in [3.63, 3.8) is 0 Å². The Morgan fingerprint density at radius 3 is 2.67 bits per heavy atom. The Hall–Kier alpha value is -1.29. The van der Waals surface area contributed by atoms with E-state index in [1.807, 2.05) is 12.1 Å². The number of aromatic carboxylic acids is 1. The minimum Gasteiger partial charge on any atom is -0.478 e. The molecule has 0 bridgehead atoms. The van der Waals surface area contributed by atoms with Crippen LogP contribution in [0.25, 0.3) is 0 Å². The zero-order chi connectivity index (χ0) is 13.1. The molecule has 18 heavy (non-hydrogen) atoms. The van der Waals surface area contributed by atoms with Gasteiger partial charge >= 0.3 is 5.97 Å². The molecule has 0 aliphatic carbocycles. The lowest BCUT2D eigenvalue weighted by Crippen LogP contribution is -2.34. The molecular formula is C14H16BrNO2. The van der Waals surface area contributed by atoms with Crippen LogP contribution in [0, 0.1) is 5.92 Å². The minimum absolute atomic E-state index is 0.371. The Kier molecular flexibility index (Phi) is 4.07. The summed E-state index contributed by atoms with van der Waals surface area (Å²) in [6, 6.07) is 5.31. The van der Waals surface area contributed by atoms with Crippen molar-refractivity contribution in [3.05, 3.63) is 40.9 Å². The van der Waals surface area contributed by atoms with E-state index in [2.05, 4.69) is 27.4 Å². The molecule has 0 saturated carbocycles. The number of carbonyl (C=O) groups is 1. The van der Waals surface area contributed by atoms with Crippen LogP contribution >= 0.6 is 15.9 Å². The Morgan fingerprint density at radius 2 is 2.11 bits per heavy atom. The maximum absolute atomic E-state index is 11.2. The highest BCUT2D eigenvalue weighted by atomic mass is 79.9. The molecule has 1 aliphatic heterocycles. The van der Waals surface area contributed by atoms with Gasteiger partial charge in [0.25, 0.3) is 0 Å². The van der Waals surface area contributed by atoms with Gasteiger partial charge in [-0.05, 0) is 37.0 Å². The summed E-state index contributed by atoms with van der Waals surface area (Å²) in [6.07, 6.45) is 4.07. The normalized spacial score (nSPS) is 16.6. The summed E-state index contributed by atoms with van der Waals surface area (Å²) in [6.45, 7) is 5.59. The number of carboxylic acid groups (broad SMARTS) is 1. The first-order chi connectivity index (χ1) is 8.61. The van der Waals surface area contributed by atoms with Crippen LogP contribution in [0.4, 0.5) is 5.69 Å². The van der Waals surface area contributed by atoms with E-state index in [1.54, 1.807) is 12.1 Å². The highest BCUT2D eigenvalue weighted by Crippen LogP contribution is 2.29. The van der Waals surface area contributed by atoms with Gasteiger partial charge in [0, 0.05) is 17.6 Å². The third-order valence-corrected chi connectivity index (χ3v) is 3.90. The first-order valence-corrected chi connectivity index (χ1v) is 6.81. The second kappa shape index (κ2) is 5.57. The first kappa shape index (κ1) is 13.1. The van der Waals surface area contributed by atoms with Crippen molar-refractivity contribution in [2.75, 3.05) is 18.0 Å². The van der Waals surface area contributed by atoms with Crippen molar-refractivity contribution in [2.24, 2.45) is 5.92 Å². The van der Waals surface area contributed by atoms with Gasteiger partial charge in [-0.15, -0.1) is 6.58 Å². The number of hydrogen-bond acceptors (Lipinski definition) is 2. The molecule has 4 heteroatoms. The average Bonchev–Trinajstić information content (AvgIpc) is 2.38. The van der Waals surface area contributed by atoms with Crippen LogP contribution in [0.1, 0.15) is 23.2 Å². The van der Waals surface area contributed by atoms with E-state index < -0.39 is 5.97 Å². The molecule has 1 saturated heterocycles. The fourth-order valence-corrected chi connectivity index (χ4v) is 2.67. The zero-order valence-corrected chi connectivity index (χ0v) is 11.7. The molecule has 1 aromatic rings. The SMILES string of the molecule is C=CC1CCN(c2cc(Br)ccc2C(=O)O)CC1. The summed E-state index contributed by atoms with van der Waals surface area (Å²) in [5.74, 6) is -0.315. The fourth-order valence-electron chi connectivity index (χ4n) is 2.32. The number of carboxylic acids is 1. The molecule has 96 valence electrons. The number of rotatable bonds is 3. The summed E-state index contributed by atoms with van der Waals surface area (Å²) >= 11 is 3.40. The van der Waals surface area contributed by atoms with Gasteiger partial charge in [0.2, 0.25) is 0 Å². The molecule has 3 nitrogen and oxygen atoms in total. The van der Waals surface area contributed by atoms with E-state index in [0.717, 1.165) is 36.1 Å². The van der Waals surface area contributed by atoms with Gasteiger partial charge in [-0.2, -0.15) is 0 Å². The lowest BCUT2D eigenvalue weighted by Gasteiger charge is -2.33. The molecule has 0 atom stereocenters. The quantitative estimate of drug-likeness (QED) is 0.868. The molecule has 1 fully saturated rings. The number of halogens is 1. The number of hydrogen-bond donors (Lipinski definition) is 1. The molecule has 1 heterocycles. The van der Waals surface area contributed by atoms with Crippen LogP contribution in [-0.2, 0) is 0 Å². The van der Waals surface area contributed by atoms with E-state index >= 15 is 0 Å². The molecule has 0 unspecified atom stereocenters. The molecule has 1 aromatic carbocycles. The van der Waals surface area contributed by atoms with Crippen LogP contribution in [0.15, 0.2) is 35.3 Å². The number of nitrogens with zero attached hydrogens (tertiary/aromatic N) is 1. The molecule has 1 N–H and O–H groups in total. The fraction of sp³-hybridized carbons (Fsp3) is 0.357. The van der Waals surface area contributed by atoms with Gasteiger partial charge in [-0.25, -0.2) is 4.79 Å². The molecule has 0 spiro atoms. The van der Waals surface area contributed by atoms with E-state index in [0.29, 0.717) is 11.5 Å². The highest BCUT2D eigenvalue weighted by Gasteiger charge is 2.21. The standard InChI is InChI=1S/C14H16BrNO2/c1-2-10-5-7-16(8-6-10)13-9-11(15)3-4-12(13)14(17)18/h2-4,9-10H,1,5-8H2,(H,17,18). The van der Waals surface area contributed by atoms with E-state index in [1.165, 1.54) is 0 Å². The predicted octanol–water partition coefficient (Wildman–Crippen LogP) is 3.55. The second-order valence-corrected chi connectivity index (χ2v) is 5.44. The Bertz CT molecular complexity index is 465. The van der Waals surface area contributed by atoms with Crippen LogP contribution in [0.3, 0.4) is 0 Å². The maximum atomic E-state index is 11.2. The third kappa shape index (κ3) is 2.75. The van der Waals surface area contributed by atoms with Crippen LogP contribution in [-0.4, -0.2) is 24.2 Å². The predicted molar refractivity (Wildman–Crippen MR) is 76.2 cm³/mol. The van der Waals surface area contributed by atoms with E-state index in [-0.39, 0.29) is 0 Å². The molecule has 0 amide bonds. The van der Waals surface area contributed by atoms with Crippen LogP contribution < -0.4 is 4.90 Å². The largest absolute Gasteiger partial charge is 0.478 e. The Morgan fingerprint density at radius 1 is 1.44 bits per heavy atom.